The molecule has 0 aromatic heterocycles. The quantitative estimate of drug-likeness (QED) is 0.300. The van der Waals surface area contributed by atoms with E-state index in [9.17, 15) is 4.79 Å². The van der Waals surface area contributed by atoms with Gasteiger partial charge in [0.15, 0.2) is 12.6 Å². The second-order valence-corrected chi connectivity index (χ2v) is 7.84. The van der Waals surface area contributed by atoms with Crippen LogP contribution in [0, 0.1) is 11.8 Å². The van der Waals surface area contributed by atoms with E-state index >= 15 is 0 Å². The van der Waals surface area contributed by atoms with Crippen molar-refractivity contribution in [2.24, 2.45) is 16.8 Å². The minimum atomic E-state index is 0. The van der Waals surface area contributed by atoms with Gasteiger partial charge in [0.05, 0.1) is 5.69 Å². The molecule has 1 aromatic carbocycles. The summed E-state index contributed by atoms with van der Waals surface area (Å²) in [5.41, 5.74) is 0.877. The van der Waals surface area contributed by atoms with Crippen LogP contribution in [0.4, 0.5) is 5.69 Å². The predicted octanol–water partition coefficient (Wildman–Crippen LogP) is 3.12. The molecule has 7 heteroatoms. The van der Waals surface area contributed by atoms with Gasteiger partial charge in [0.2, 0.25) is 0 Å². The fraction of sp³-hybridized carbons (Fsp3) is 0.619. The molecule has 154 valence electrons. The second-order valence-electron chi connectivity index (χ2n) is 7.84. The Morgan fingerprint density at radius 2 is 1.93 bits per heavy atom. The van der Waals surface area contributed by atoms with Crippen molar-refractivity contribution in [2.45, 2.75) is 32.1 Å². The number of likely N-dealkylation sites (tertiary alicyclic amines) is 1. The molecule has 1 N–H and O–H groups in total. The first-order valence-electron chi connectivity index (χ1n) is 10.2. The molecule has 2 aliphatic heterocycles. The number of amides is 1. The predicted molar refractivity (Wildman–Crippen MR) is 123 cm³/mol. The lowest BCUT2D eigenvalue weighted by Gasteiger charge is -2.29. The topological polar surface area (TPSA) is 57.2 Å². The van der Waals surface area contributed by atoms with Crippen molar-refractivity contribution in [3.05, 3.63) is 24.3 Å². The summed E-state index contributed by atoms with van der Waals surface area (Å²) in [5, 5.41) is 3.51. The fourth-order valence-corrected chi connectivity index (χ4v) is 4.75. The van der Waals surface area contributed by atoms with Crippen LogP contribution in [0.1, 0.15) is 32.1 Å². The van der Waals surface area contributed by atoms with Crippen LogP contribution in [0.3, 0.4) is 0 Å². The zero-order valence-electron chi connectivity index (χ0n) is 16.6. The Labute approximate surface area is 184 Å². The van der Waals surface area contributed by atoms with Gasteiger partial charge in [-0.05, 0) is 43.2 Å². The number of rotatable bonds is 4. The summed E-state index contributed by atoms with van der Waals surface area (Å²) in [4.78, 5) is 21.0. The molecule has 2 atom stereocenters. The summed E-state index contributed by atoms with van der Waals surface area (Å²) in [6.07, 6.45) is 6.39. The number of benzene rings is 1. The van der Waals surface area contributed by atoms with E-state index in [2.05, 4.69) is 15.2 Å². The van der Waals surface area contributed by atoms with E-state index in [1.807, 2.05) is 36.2 Å². The molecule has 0 spiro atoms. The largest absolute Gasteiger partial charge is 0.482 e. The highest BCUT2D eigenvalue weighted by molar-refractivity contribution is 14.0. The highest BCUT2D eigenvalue weighted by Gasteiger charge is 2.35. The average molecular weight is 498 g/mol. The molecule has 2 heterocycles. The van der Waals surface area contributed by atoms with Crippen LogP contribution in [0.2, 0.25) is 0 Å². The lowest BCUT2D eigenvalue weighted by Crippen LogP contribution is -2.43. The summed E-state index contributed by atoms with van der Waals surface area (Å²) in [5.74, 6) is 3.53. The van der Waals surface area contributed by atoms with Gasteiger partial charge >= 0.3 is 0 Å². The highest BCUT2D eigenvalue weighted by atomic mass is 127. The Balaban J connectivity index is 0.00000225. The van der Waals surface area contributed by atoms with E-state index in [4.69, 9.17) is 4.74 Å². The molecule has 2 unspecified atom stereocenters. The van der Waals surface area contributed by atoms with Gasteiger partial charge in [0.25, 0.3) is 5.91 Å². The zero-order chi connectivity index (χ0) is 18.6. The third kappa shape index (κ3) is 4.55. The minimum Gasteiger partial charge on any atom is -0.482 e. The molecular weight excluding hydrogens is 467 g/mol. The number of fused-ring (bicyclic) bond motifs is 2. The zero-order valence-corrected chi connectivity index (χ0v) is 18.9. The summed E-state index contributed by atoms with van der Waals surface area (Å²) in [6.45, 7) is 3.90. The molecule has 6 nitrogen and oxygen atoms in total. The number of guanidine groups is 1. The van der Waals surface area contributed by atoms with E-state index in [1.165, 1.54) is 25.7 Å². The van der Waals surface area contributed by atoms with Crippen LogP contribution in [-0.2, 0) is 4.79 Å². The Kier molecular flexibility index (Phi) is 7.42. The van der Waals surface area contributed by atoms with Crippen molar-refractivity contribution in [3.63, 3.8) is 0 Å². The number of para-hydroxylation sites is 2. The van der Waals surface area contributed by atoms with Gasteiger partial charge in [0, 0.05) is 33.2 Å². The number of halogens is 1. The molecule has 1 saturated carbocycles. The average Bonchev–Trinajstić information content (AvgIpc) is 3.13. The fourth-order valence-electron chi connectivity index (χ4n) is 4.75. The first-order chi connectivity index (χ1) is 13.3. The van der Waals surface area contributed by atoms with Crippen molar-refractivity contribution in [1.29, 1.82) is 0 Å². The molecular formula is C21H31IN4O2. The van der Waals surface area contributed by atoms with Crippen molar-refractivity contribution in [3.8, 4) is 5.75 Å². The van der Waals surface area contributed by atoms with E-state index < -0.39 is 0 Å². The summed E-state index contributed by atoms with van der Waals surface area (Å²) < 4.78 is 5.51. The molecule has 1 saturated heterocycles. The lowest BCUT2D eigenvalue weighted by atomic mass is 9.82. The normalized spacial score (nSPS) is 24.2. The summed E-state index contributed by atoms with van der Waals surface area (Å²) in [6, 6.07) is 7.75. The number of carbonyl (C=O) groups excluding carboxylic acids is 1. The van der Waals surface area contributed by atoms with E-state index in [1.54, 1.807) is 0 Å². The maximum absolute atomic E-state index is 12.2. The number of nitrogens with one attached hydrogen (secondary N) is 1. The lowest BCUT2D eigenvalue weighted by molar-refractivity contribution is -0.121. The third-order valence-corrected chi connectivity index (χ3v) is 6.14. The van der Waals surface area contributed by atoms with Crippen LogP contribution in [0.25, 0.3) is 0 Å². The summed E-state index contributed by atoms with van der Waals surface area (Å²) in [7, 11) is 1.87. The minimum absolute atomic E-state index is 0. The van der Waals surface area contributed by atoms with Gasteiger partial charge in [-0.2, -0.15) is 0 Å². The molecule has 28 heavy (non-hydrogen) atoms. The van der Waals surface area contributed by atoms with Crippen molar-refractivity contribution in [2.75, 3.05) is 44.7 Å². The Morgan fingerprint density at radius 3 is 2.64 bits per heavy atom. The van der Waals surface area contributed by atoms with Gasteiger partial charge in [-0.25, -0.2) is 0 Å². The molecule has 2 fully saturated rings. The van der Waals surface area contributed by atoms with Crippen molar-refractivity contribution >= 4 is 41.5 Å². The molecule has 1 aromatic rings. The first-order valence-corrected chi connectivity index (χ1v) is 10.2. The van der Waals surface area contributed by atoms with E-state index in [-0.39, 0.29) is 36.5 Å². The van der Waals surface area contributed by atoms with Crippen LogP contribution in [0.5, 0.6) is 5.75 Å². The van der Waals surface area contributed by atoms with Gasteiger partial charge in [0.1, 0.15) is 5.75 Å². The second kappa shape index (κ2) is 9.80. The number of hydrogen-bond donors (Lipinski definition) is 1. The Morgan fingerprint density at radius 1 is 1.21 bits per heavy atom. The number of carbonyl (C=O) groups is 1. The first kappa shape index (κ1) is 21.2. The van der Waals surface area contributed by atoms with Crippen molar-refractivity contribution < 1.29 is 9.53 Å². The molecule has 3 aliphatic rings. The maximum atomic E-state index is 12.2. The number of hydrogen-bond acceptors (Lipinski definition) is 3. The monoisotopic (exact) mass is 498 g/mol. The number of aliphatic imine (C=N–C) groups is 1. The van der Waals surface area contributed by atoms with Gasteiger partial charge in [-0.1, -0.05) is 25.0 Å². The van der Waals surface area contributed by atoms with Crippen LogP contribution >= 0.6 is 24.0 Å². The van der Waals surface area contributed by atoms with Gasteiger partial charge in [-0.15, -0.1) is 24.0 Å². The van der Waals surface area contributed by atoms with E-state index in [0.717, 1.165) is 55.3 Å². The molecule has 1 amide bonds. The molecule has 0 radical (unpaired) electrons. The maximum Gasteiger partial charge on any atom is 0.265 e. The van der Waals surface area contributed by atoms with Crippen LogP contribution in [-0.4, -0.2) is 56.6 Å². The highest BCUT2D eigenvalue weighted by Crippen LogP contribution is 2.36. The standard InChI is InChI=1S/C21H30N4O2.HI/c1-22-21(24-13-16-7-2-3-8-17(16)14-24)23-11-6-12-25-18-9-4-5-10-19(18)27-15-20(25)26;/h4-5,9-10,16-17H,2-3,6-8,11-15H2,1H3,(H,22,23);1H. The van der Waals surface area contributed by atoms with E-state index in [0.29, 0.717) is 6.54 Å². The number of ether oxygens (including phenoxy) is 1. The number of nitrogens with zero attached hydrogens (tertiary/aromatic N) is 3. The molecule has 1 aliphatic carbocycles. The van der Waals surface area contributed by atoms with Crippen LogP contribution in [0.15, 0.2) is 29.3 Å². The Bertz CT molecular complexity index is 697. The van der Waals surface area contributed by atoms with Gasteiger partial charge in [-0.3, -0.25) is 9.79 Å². The third-order valence-electron chi connectivity index (χ3n) is 6.14. The van der Waals surface area contributed by atoms with Crippen molar-refractivity contribution in [1.82, 2.24) is 10.2 Å². The number of anilines is 1. The SMILES string of the molecule is CN=C(NCCCN1C(=O)COc2ccccc21)N1CC2CCCCC2C1.I. The smallest absolute Gasteiger partial charge is 0.265 e. The van der Waals surface area contributed by atoms with Crippen LogP contribution < -0.4 is 15.0 Å². The van der Waals surface area contributed by atoms with Gasteiger partial charge < -0.3 is 19.9 Å². The Hall–Kier alpha value is -1.51. The summed E-state index contributed by atoms with van der Waals surface area (Å²) >= 11 is 0. The molecule has 4 rings (SSSR count). The molecule has 0 bridgehead atoms.